The SMILES string of the molecule is CCN(CC(C)C(=O)O)C(=O)N(C)Cc1ncc[nH]1. The van der Waals surface area contributed by atoms with Crippen LogP contribution in [0.5, 0.6) is 0 Å². The van der Waals surface area contributed by atoms with Crippen molar-refractivity contribution in [3.8, 4) is 0 Å². The van der Waals surface area contributed by atoms with Crippen molar-refractivity contribution in [1.29, 1.82) is 0 Å². The van der Waals surface area contributed by atoms with Crippen LogP contribution in [-0.2, 0) is 11.3 Å². The van der Waals surface area contributed by atoms with Crippen molar-refractivity contribution in [2.45, 2.75) is 20.4 Å². The number of H-pyrrole nitrogens is 1. The van der Waals surface area contributed by atoms with Gasteiger partial charge in [-0.05, 0) is 6.92 Å². The lowest BCUT2D eigenvalue weighted by molar-refractivity contribution is -0.141. The van der Waals surface area contributed by atoms with Crippen molar-refractivity contribution in [3.63, 3.8) is 0 Å². The van der Waals surface area contributed by atoms with Crippen LogP contribution in [0.2, 0.25) is 0 Å². The Morgan fingerprint density at radius 2 is 2.21 bits per heavy atom. The maximum Gasteiger partial charge on any atom is 0.320 e. The Morgan fingerprint density at radius 1 is 1.53 bits per heavy atom. The van der Waals surface area contributed by atoms with Crippen LogP contribution in [0.25, 0.3) is 0 Å². The Hall–Kier alpha value is -2.05. The molecule has 2 N–H and O–H groups in total. The second kappa shape index (κ2) is 6.77. The van der Waals surface area contributed by atoms with Gasteiger partial charge in [0.05, 0.1) is 12.5 Å². The van der Waals surface area contributed by atoms with Gasteiger partial charge in [0.15, 0.2) is 0 Å². The van der Waals surface area contributed by atoms with Crippen LogP contribution in [0, 0.1) is 5.92 Å². The highest BCUT2D eigenvalue weighted by Crippen LogP contribution is 2.06. The highest BCUT2D eigenvalue weighted by atomic mass is 16.4. The number of carbonyl (C=O) groups is 2. The van der Waals surface area contributed by atoms with Crippen molar-refractivity contribution >= 4 is 12.0 Å². The molecule has 0 radical (unpaired) electrons. The highest BCUT2D eigenvalue weighted by Gasteiger charge is 2.22. The summed E-state index contributed by atoms with van der Waals surface area (Å²) < 4.78 is 0. The molecule has 0 aliphatic heterocycles. The van der Waals surface area contributed by atoms with Crippen LogP contribution in [0.15, 0.2) is 12.4 Å². The molecule has 1 rings (SSSR count). The second-order valence-corrected chi connectivity index (χ2v) is 4.45. The number of hydrogen-bond donors (Lipinski definition) is 2. The third-order valence-electron chi connectivity index (χ3n) is 2.84. The molecule has 0 aliphatic rings. The number of urea groups is 1. The van der Waals surface area contributed by atoms with Gasteiger partial charge >= 0.3 is 12.0 Å². The zero-order valence-electron chi connectivity index (χ0n) is 11.5. The fourth-order valence-electron chi connectivity index (χ4n) is 1.67. The Morgan fingerprint density at radius 3 is 2.68 bits per heavy atom. The van der Waals surface area contributed by atoms with Crippen molar-refractivity contribution < 1.29 is 14.7 Å². The fraction of sp³-hybridized carbons (Fsp3) is 0.583. The molecule has 0 saturated heterocycles. The molecule has 1 atom stereocenters. The first kappa shape index (κ1) is 15.0. The van der Waals surface area contributed by atoms with Gasteiger partial charge in [0.25, 0.3) is 0 Å². The Balaban J connectivity index is 2.59. The zero-order chi connectivity index (χ0) is 14.4. The minimum atomic E-state index is -0.903. The standard InChI is InChI=1S/C12H20N4O3/c1-4-16(7-9(2)11(17)18)12(19)15(3)8-10-13-5-6-14-10/h5-6,9H,4,7-8H2,1-3H3,(H,13,14)(H,17,18). The van der Waals surface area contributed by atoms with Crippen LogP contribution >= 0.6 is 0 Å². The normalized spacial score (nSPS) is 11.9. The lowest BCUT2D eigenvalue weighted by Crippen LogP contribution is -2.43. The van der Waals surface area contributed by atoms with E-state index in [0.717, 1.165) is 0 Å². The molecule has 1 aromatic rings. The summed E-state index contributed by atoms with van der Waals surface area (Å²) in [4.78, 5) is 33.0. The number of carboxylic acids is 1. The van der Waals surface area contributed by atoms with Gasteiger partial charge in [-0.2, -0.15) is 0 Å². The van der Waals surface area contributed by atoms with E-state index in [0.29, 0.717) is 18.9 Å². The quantitative estimate of drug-likeness (QED) is 0.805. The molecule has 0 saturated carbocycles. The number of aromatic amines is 1. The predicted octanol–water partition coefficient (Wildman–Crippen LogP) is 1.00. The molecule has 0 bridgehead atoms. The summed E-state index contributed by atoms with van der Waals surface area (Å²) in [6.45, 7) is 4.45. The molecule has 0 spiro atoms. The smallest absolute Gasteiger partial charge is 0.320 e. The van der Waals surface area contributed by atoms with E-state index in [1.54, 1.807) is 26.4 Å². The van der Waals surface area contributed by atoms with Gasteiger partial charge in [-0.15, -0.1) is 0 Å². The number of hydrogen-bond acceptors (Lipinski definition) is 3. The summed E-state index contributed by atoms with van der Waals surface area (Å²) >= 11 is 0. The molecule has 2 amide bonds. The van der Waals surface area contributed by atoms with E-state index in [2.05, 4.69) is 9.97 Å². The van der Waals surface area contributed by atoms with Gasteiger partial charge in [0.1, 0.15) is 5.82 Å². The van der Waals surface area contributed by atoms with E-state index in [1.165, 1.54) is 9.80 Å². The minimum Gasteiger partial charge on any atom is -0.481 e. The summed E-state index contributed by atoms with van der Waals surface area (Å²) in [5.41, 5.74) is 0. The third kappa shape index (κ3) is 4.27. The molecule has 7 heteroatoms. The lowest BCUT2D eigenvalue weighted by Gasteiger charge is -2.28. The molecule has 1 aromatic heterocycles. The van der Waals surface area contributed by atoms with Crippen LogP contribution in [0.4, 0.5) is 4.79 Å². The van der Waals surface area contributed by atoms with Crippen LogP contribution in [0.3, 0.4) is 0 Å². The minimum absolute atomic E-state index is 0.202. The summed E-state index contributed by atoms with van der Waals surface area (Å²) in [6.07, 6.45) is 3.31. The zero-order valence-corrected chi connectivity index (χ0v) is 11.5. The first-order valence-electron chi connectivity index (χ1n) is 6.16. The molecular formula is C12H20N4O3. The van der Waals surface area contributed by atoms with Crippen LogP contribution < -0.4 is 0 Å². The van der Waals surface area contributed by atoms with Crippen molar-refractivity contribution in [3.05, 3.63) is 18.2 Å². The Bertz CT molecular complexity index is 419. The van der Waals surface area contributed by atoms with E-state index < -0.39 is 11.9 Å². The van der Waals surface area contributed by atoms with E-state index >= 15 is 0 Å². The number of aliphatic carboxylic acids is 1. The van der Waals surface area contributed by atoms with Crippen LogP contribution in [-0.4, -0.2) is 57.0 Å². The maximum atomic E-state index is 12.2. The third-order valence-corrected chi connectivity index (χ3v) is 2.84. The van der Waals surface area contributed by atoms with E-state index in [1.807, 2.05) is 6.92 Å². The number of nitrogens with one attached hydrogen (secondary N) is 1. The molecule has 0 aromatic carbocycles. The summed E-state index contributed by atoms with van der Waals surface area (Å²) in [5, 5.41) is 8.89. The van der Waals surface area contributed by atoms with Gasteiger partial charge in [0, 0.05) is 32.5 Å². The lowest BCUT2D eigenvalue weighted by atomic mass is 10.2. The van der Waals surface area contributed by atoms with E-state index in [4.69, 9.17) is 5.11 Å². The highest BCUT2D eigenvalue weighted by molar-refractivity contribution is 5.75. The second-order valence-electron chi connectivity index (χ2n) is 4.45. The first-order chi connectivity index (χ1) is 8.95. The molecule has 19 heavy (non-hydrogen) atoms. The number of carboxylic acid groups (broad SMARTS) is 1. The molecule has 7 nitrogen and oxygen atoms in total. The van der Waals surface area contributed by atoms with E-state index in [-0.39, 0.29) is 12.6 Å². The molecular weight excluding hydrogens is 248 g/mol. The summed E-state index contributed by atoms with van der Waals surface area (Å²) in [5.74, 6) is -0.793. The fourth-order valence-corrected chi connectivity index (χ4v) is 1.67. The number of nitrogens with zero attached hydrogens (tertiary/aromatic N) is 3. The Labute approximate surface area is 112 Å². The molecule has 0 aliphatic carbocycles. The number of imidazole rings is 1. The average Bonchev–Trinajstić information content (AvgIpc) is 2.87. The molecule has 106 valence electrons. The van der Waals surface area contributed by atoms with Crippen molar-refractivity contribution in [2.75, 3.05) is 20.1 Å². The largest absolute Gasteiger partial charge is 0.481 e. The van der Waals surface area contributed by atoms with Gasteiger partial charge < -0.3 is 19.9 Å². The molecule has 1 unspecified atom stereocenters. The first-order valence-corrected chi connectivity index (χ1v) is 6.16. The average molecular weight is 268 g/mol. The van der Waals surface area contributed by atoms with Gasteiger partial charge in [-0.3, -0.25) is 4.79 Å². The summed E-state index contributed by atoms with van der Waals surface area (Å²) in [7, 11) is 1.67. The number of aromatic nitrogens is 2. The van der Waals surface area contributed by atoms with Crippen molar-refractivity contribution in [2.24, 2.45) is 5.92 Å². The maximum absolute atomic E-state index is 12.2. The molecule has 0 fully saturated rings. The summed E-state index contributed by atoms with van der Waals surface area (Å²) in [6, 6.07) is -0.202. The number of rotatable bonds is 6. The van der Waals surface area contributed by atoms with E-state index in [9.17, 15) is 9.59 Å². The topological polar surface area (TPSA) is 89.5 Å². The Kier molecular flexibility index (Phi) is 5.35. The number of carbonyl (C=O) groups excluding carboxylic acids is 1. The monoisotopic (exact) mass is 268 g/mol. The van der Waals surface area contributed by atoms with Crippen LogP contribution in [0.1, 0.15) is 19.7 Å². The van der Waals surface area contributed by atoms with Gasteiger partial charge in [-0.25, -0.2) is 9.78 Å². The van der Waals surface area contributed by atoms with Gasteiger partial charge in [-0.1, -0.05) is 6.92 Å². The molecule has 1 heterocycles. The van der Waals surface area contributed by atoms with Crippen molar-refractivity contribution in [1.82, 2.24) is 19.8 Å². The van der Waals surface area contributed by atoms with Gasteiger partial charge in [0.2, 0.25) is 0 Å². The number of amides is 2. The predicted molar refractivity (Wildman–Crippen MR) is 69.5 cm³/mol.